The topological polar surface area (TPSA) is 75.7 Å². The number of ether oxygens (including phenoxy) is 1. The molecule has 2 aromatic carbocycles. The molecular formula is C24H26N2O4. The number of carbonyl (C=O) groups is 3. The quantitative estimate of drug-likeness (QED) is 0.704. The van der Waals surface area contributed by atoms with Crippen molar-refractivity contribution < 1.29 is 19.1 Å². The summed E-state index contributed by atoms with van der Waals surface area (Å²) in [5.74, 6) is -0.988. The average Bonchev–Trinajstić information content (AvgIpc) is 3.36. The molecule has 3 amide bonds. The molecule has 0 radical (unpaired) electrons. The van der Waals surface area contributed by atoms with Gasteiger partial charge in [-0.25, -0.2) is 0 Å². The van der Waals surface area contributed by atoms with Gasteiger partial charge in [-0.2, -0.15) is 0 Å². The summed E-state index contributed by atoms with van der Waals surface area (Å²) < 4.78 is 5.56. The van der Waals surface area contributed by atoms with E-state index in [0.29, 0.717) is 23.4 Å². The summed E-state index contributed by atoms with van der Waals surface area (Å²) in [7, 11) is 0. The summed E-state index contributed by atoms with van der Waals surface area (Å²) in [5, 5.41) is 2.86. The van der Waals surface area contributed by atoms with E-state index >= 15 is 0 Å². The fraction of sp³-hybridized carbons (Fsp3) is 0.375. The number of aryl methyl sites for hydroxylation is 1. The van der Waals surface area contributed by atoms with Crippen molar-refractivity contribution >= 4 is 23.4 Å². The molecule has 1 atom stereocenters. The molecule has 6 heteroatoms. The SMILES string of the molecule is CCCCc1ccc(NC(=O)c2ccc3c(c2)C(=O)N(CC2CCCO2)C3=O)cc1. The number of imide groups is 1. The molecule has 0 aromatic heterocycles. The van der Waals surface area contributed by atoms with E-state index in [1.54, 1.807) is 12.1 Å². The van der Waals surface area contributed by atoms with Crippen LogP contribution in [0, 0.1) is 0 Å². The van der Waals surface area contributed by atoms with Gasteiger partial charge in [0.2, 0.25) is 0 Å². The van der Waals surface area contributed by atoms with Crippen molar-refractivity contribution in [1.29, 1.82) is 0 Å². The zero-order valence-electron chi connectivity index (χ0n) is 17.1. The second-order valence-electron chi connectivity index (χ2n) is 7.87. The lowest BCUT2D eigenvalue weighted by molar-refractivity contribution is 0.0475. The summed E-state index contributed by atoms with van der Waals surface area (Å²) in [6.07, 6.45) is 4.99. The molecule has 2 aliphatic rings. The molecule has 1 fully saturated rings. The first-order chi connectivity index (χ1) is 14.6. The van der Waals surface area contributed by atoms with Crippen molar-refractivity contribution in [3.05, 3.63) is 64.7 Å². The van der Waals surface area contributed by atoms with Crippen LogP contribution >= 0.6 is 0 Å². The molecule has 1 N–H and O–H groups in total. The largest absolute Gasteiger partial charge is 0.376 e. The Bertz CT molecular complexity index is 962. The maximum atomic E-state index is 12.8. The number of fused-ring (bicyclic) bond motifs is 1. The van der Waals surface area contributed by atoms with Gasteiger partial charge in [0.05, 0.1) is 23.8 Å². The monoisotopic (exact) mass is 406 g/mol. The first-order valence-corrected chi connectivity index (χ1v) is 10.6. The van der Waals surface area contributed by atoms with Gasteiger partial charge in [-0.05, 0) is 61.6 Å². The standard InChI is InChI=1S/C24H26N2O4/c1-2-3-5-16-7-10-18(11-8-16)25-22(27)17-9-12-20-21(14-17)24(29)26(23(20)28)15-19-6-4-13-30-19/h7-12,14,19H,2-6,13,15H2,1H3,(H,25,27). The molecule has 30 heavy (non-hydrogen) atoms. The lowest BCUT2D eigenvalue weighted by atomic mass is 10.0. The van der Waals surface area contributed by atoms with Gasteiger partial charge in [0, 0.05) is 17.9 Å². The predicted molar refractivity (Wildman–Crippen MR) is 114 cm³/mol. The van der Waals surface area contributed by atoms with Crippen LogP contribution in [0.15, 0.2) is 42.5 Å². The molecule has 0 saturated carbocycles. The Kier molecular flexibility index (Phi) is 5.95. The third-order valence-corrected chi connectivity index (χ3v) is 5.67. The van der Waals surface area contributed by atoms with Crippen LogP contribution in [-0.4, -0.2) is 41.9 Å². The highest BCUT2D eigenvalue weighted by Gasteiger charge is 2.37. The van der Waals surface area contributed by atoms with Gasteiger partial charge in [-0.3, -0.25) is 19.3 Å². The molecular weight excluding hydrogens is 380 g/mol. The van der Waals surface area contributed by atoms with Gasteiger partial charge >= 0.3 is 0 Å². The molecule has 0 spiro atoms. The number of carbonyl (C=O) groups excluding carboxylic acids is 3. The highest BCUT2D eigenvalue weighted by atomic mass is 16.5. The molecule has 2 aromatic rings. The van der Waals surface area contributed by atoms with Crippen LogP contribution in [0.3, 0.4) is 0 Å². The van der Waals surface area contributed by atoms with Crippen LogP contribution < -0.4 is 5.32 Å². The molecule has 1 saturated heterocycles. The van der Waals surface area contributed by atoms with Crippen LogP contribution in [0.5, 0.6) is 0 Å². The third kappa shape index (κ3) is 4.14. The van der Waals surface area contributed by atoms with Gasteiger partial charge in [0.15, 0.2) is 0 Å². The van der Waals surface area contributed by atoms with Gasteiger partial charge in [0.1, 0.15) is 0 Å². The van der Waals surface area contributed by atoms with Crippen molar-refractivity contribution in [2.75, 3.05) is 18.5 Å². The number of unbranched alkanes of at least 4 members (excludes halogenated alkanes) is 1. The predicted octanol–water partition coefficient (Wildman–Crippen LogP) is 4.06. The maximum Gasteiger partial charge on any atom is 0.261 e. The van der Waals surface area contributed by atoms with E-state index in [0.717, 1.165) is 32.1 Å². The highest BCUT2D eigenvalue weighted by Crippen LogP contribution is 2.26. The van der Waals surface area contributed by atoms with Crippen molar-refractivity contribution in [3.63, 3.8) is 0 Å². The second-order valence-corrected chi connectivity index (χ2v) is 7.87. The summed E-state index contributed by atoms with van der Waals surface area (Å²) in [6, 6.07) is 12.5. The Morgan fingerprint density at radius 2 is 1.87 bits per heavy atom. The minimum atomic E-state index is -0.361. The number of nitrogens with zero attached hydrogens (tertiary/aromatic N) is 1. The Labute approximate surface area is 176 Å². The lowest BCUT2D eigenvalue weighted by Gasteiger charge is -2.17. The number of nitrogens with one attached hydrogen (secondary N) is 1. The molecule has 6 nitrogen and oxygen atoms in total. The number of amides is 3. The van der Waals surface area contributed by atoms with E-state index in [2.05, 4.69) is 12.2 Å². The average molecular weight is 406 g/mol. The molecule has 4 rings (SSSR count). The van der Waals surface area contributed by atoms with Crippen LogP contribution in [0.1, 0.15) is 69.2 Å². The summed E-state index contributed by atoms with van der Waals surface area (Å²) >= 11 is 0. The molecule has 2 heterocycles. The minimum Gasteiger partial charge on any atom is -0.376 e. The number of benzene rings is 2. The van der Waals surface area contributed by atoms with Crippen LogP contribution in [0.2, 0.25) is 0 Å². The van der Waals surface area contributed by atoms with Gasteiger partial charge in [-0.1, -0.05) is 25.5 Å². The van der Waals surface area contributed by atoms with Crippen molar-refractivity contribution in [2.45, 2.75) is 45.1 Å². The van der Waals surface area contributed by atoms with E-state index in [9.17, 15) is 14.4 Å². The van der Waals surface area contributed by atoms with Crippen molar-refractivity contribution in [3.8, 4) is 0 Å². The summed E-state index contributed by atoms with van der Waals surface area (Å²) in [6.45, 7) is 3.08. The van der Waals surface area contributed by atoms with E-state index < -0.39 is 0 Å². The molecule has 156 valence electrons. The van der Waals surface area contributed by atoms with E-state index in [4.69, 9.17) is 4.74 Å². The fourth-order valence-electron chi connectivity index (χ4n) is 3.93. The number of anilines is 1. The highest BCUT2D eigenvalue weighted by molar-refractivity contribution is 6.22. The third-order valence-electron chi connectivity index (χ3n) is 5.67. The maximum absolute atomic E-state index is 12.8. The minimum absolute atomic E-state index is 0.102. The Morgan fingerprint density at radius 1 is 1.10 bits per heavy atom. The van der Waals surface area contributed by atoms with Gasteiger partial charge in [0.25, 0.3) is 17.7 Å². The van der Waals surface area contributed by atoms with Crippen LogP contribution in [0.25, 0.3) is 0 Å². The molecule has 0 bridgehead atoms. The smallest absolute Gasteiger partial charge is 0.261 e. The van der Waals surface area contributed by atoms with Crippen molar-refractivity contribution in [1.82, 2.24) is 4.90 Å². The van der Waals surface area contributed by atoms with Gasteiger partial charge in [-0.15, -0.1) is 0 Å². The van der Waals surface area contributed by atoms with Crippen molar-refractivity contribution in [2.24, 2.45) is 0 Å². The molecule has 0 aliphatic carbocycles. The first kappa shape index (κ1) is 20.3. The van der Waals surface area contributed by atoms with E-state index in [1.165, 1.54) is 16.5 Å². The Morgan fingerprint density at radius 3 is 2.57 bits per heavy atom. The van der Waals surface area contributed by atoms with E-state index in [-0.39, 0.29) is 35.9 Å². The Balaban J connectivity index is 1.45. The van der Waals surface area contributed by atoms with E-state index in [1.807, 2.05) is 24.3 Å². The zero-order chi connectivity index (χ0) is 21.1. The number of rotatable bonds is 7. The fourth-order valence-corrected chi connectivity index (χ4v) is 3.93. The number of hydrogen-bond donors (Lipinski definition) is 1. The summed E-state index contributed by atoms with van der Waals surface area (Å²) in [4.78, 5) is 39.3. The second kappa shape index (κ2) is 8.79. The zero-order valence-corrected chi connectivity index (χ0v) is 17.1. The lowest BCUT2D eigenvalue weighted by Crippen LogP contribution is -2.36. The summed E-state index contributed by atoms with van der Waals surface area (Å²) in [5.41, 5.74) is 2.91. The molecule has 1 unspecified atom stereocenters. The normalized spacial score (nSPS) is 18.0. The van der Waals surface area contributed by atoms with Crippen LogP contribution in [0.4, 0.5) is 5.69 Å². The van der Waals surface area contributed by atoms with Crippen LogP contribution in [-0.2, 0) is 11.2 Å². The number of hydrogen-bond acceptors (Lipinski definition) is 4. The first-order valence-electron chi connectivity index (χ1n) is 10.6. The molecule has 2 aliphatic heterocycles. The van der Waals surface area contributed by atoms with Gasteiger partial charge < -0.3 is 10.1 Å². The Hall–Kier alpha value is -2.99.